The van der Waals surface area contributed by atoms with E-state index in [0.29, 0.717) is 12.5 Å². The second-order valence-corrected chi connectivity index (χ2v) is 4.73. The molecule has 6 heteroatoms. The van der Waals surface area contributed by atoms with Crippen molar-refractivity contribution in [3.05, 3.63) is 16.0 Å². The maximum absolute atomic E-state index is 11.9. The first-order chi connectivity index (χ1) is 8.16. The molecule has 17 heavy (non-hydrogen) atoms. The molecule has 4 rings (SSSR count). The molecule has 1 fully saturated rings. The highest BCUT2D eigenvalue weighted by molar-refractivity contribution is 5.66. The van der Waals surface area contributed by atoms with E-state index in [1.54, 1.807) is 4.68 Å². The number of anilines is 1. The summed E-state index contributed by atoms with van der Waals surface area (Å²) in [5, 5.41) is 11.5. The fraction of sp³-hybridized carbons (Fsp3) is 0.636. The number of H-pyrrole nitrogens is 1. The van der Waals surface area contributed by atoms with Gasteiger partial charge < -0.3 is 10.0 Å². The molecule has 6 nitrogen and oxygen atoms in total. The number of hydrogen-bond acceptors (Lipinski definition) is 3. The average molecular weight is 237 g/mol. The number of nitrogens with one attached hydrogen (secondary N) is 1. The van der Waals surface area contributed by atoms with Crippen LogP contribution in [0.5, 0.6) is 0 Å². The predicted molar refractivity (Wildman–Crippen MR) is 61.5 cm³/mol. The van der Waals surface area contributed by atoms with Gasteiger partial charge in [-0.1, -0.05) is 0 Å². The van der Waals surface area contributed by atoms with Crippen LogP contribution in [0.3, 0.4) is 0 Å². The molecule has 1 aromatic rings. The van der Waals surface area contributed by atoms with Crippen molar-refractivity contribution in [1.29, 1.82) is 0 Å². The van der Waals surface area contributed by atoms with Crippen molar-refractivity contribution in [3.8, 4) is 0 Å². The van der Waals surface area contributed by atoms with E-state index in [9.17, 15) is 9.59 Å². The molecule has 0 radical (unpaired) electrons. The Balaban J connectivity index is 1.99. The monoisotopic (exact) mass is 237 g/mol. The number of aryl methyl sites for hydroxylation is 1. The highest BCUT2D eigenvalue weighted by Gasteiger charge is 2.36. The predicted octanol–water partition coefficient (Wildman–Crippen LogP) is 0.348. The highest BCUT2D eigenvalue weighted by Crippen LogP contribution is 2.39. The molecule has 2 bridgehead atoms. The first-order valence-corrected chi connectivity index (χ1v) is 5.96. The number of nitrogens with zero attached hydrogens (tertiary/aromatic N) is 2. The van der Waals surface area contributed by atoms with Crippen molar-refractivity contribution in [1.82, 2.24) is 9.78 Å². The van der Waals surface area contributed by atoms with Crippen LogP contribution < -0.4 is 10.5 Å². The van der Waals surface area contributed by atoms with Crippen molar-refractivity contribution in [2.24, 2.45) is 0 Å². The van der Waals surface area contributed by atoms with Gasteiger partial charge in [-0.3, -0.25) is 19.4 Å². The summed E-state index contributed by atoms with van der Waals surface area (Å²) in [6.45, 7) is 2.25. The molecule has 0 atom stereocenters. The average Bonchev–Trinajstić information content (AvgIpc) is 2.68. The largest absolute Gasteiger partial charge is 0.481 e. The van der Waals surface area contributed by atoms with Gasteiger partial charge in [0, 0.05) is 25.6 Å². The van der Waals surface area contributed by atoms with Crippen LogP contribution in [-0.4, -0.2) is 33.9 Å². The van der Waals surface area contributed by atoms with Crippen LogP contribution in [0.1, 0.15) is 30.9 Å². The molecule has 4 heterocycles. The third-order valence-corrected chi connectivity index (χ3v) is 3.73. The normalized spacial score (nSPS) is 18.5. The highest BCUT2D eigenvalue weighted by atomic mass is 16.4. The molecule has 92 valence electrons. The molecule has 3 aliphatic heterocycles. The smallest absolute Gasteiger partial charge is 0.305 e. The summed E-state index contributed by atoms with van der Waals surface area (Å²) in [4.78, 5) is 24.6. The van der Waals surface area contributed by atoms with Crippen molar-refractivity contribution in [2.45, 2.75) is 31.7 Å². The van der Waals surface area contributed by atoms with Crippen molar-refractivity contribution in [2.75, 3.05) is 18.0 Å². The lowest BCUT2D eigenvalue weighted by atomic mass is 9.87. The Bertz CT molecular complexity index is 509. The van der Waals surface area contributed by atoms with Gasteiger partial charge in [-0.15, -0.1) is 0 Å². The third-order valence-electron chi connectivity index (χ3n) is 3.73. The molecule has 0 unspecified atom stereocenters. The Labute approximate surface area is 97.8 Å². The lowest BCUT2D eigenvalue weighted by Crippen LogP contribution is -2.41. The van der Waals surface area contributed by atoms with E-state index in [2.05, 4.69) is 10.00 Å². The molecule has 3 aliphatic rings. The van der Waals surface area contributed by atoms with E-state index in [0.717, 1.165) is 37.3 Å². The Morgan fingerprint density at radius 2 is 2.12 bits per heavy atom. The molecule has 0 amide bonds. The van der Waals surface area contributed by atoms with Crippen molar-refractivity contribution < 1.29 is 9.90 Å². The van der Waals surface area contributed by atoms with Crippen LogP contribution in [0.15, 0.2) is 4.79 Å². The SMILES string of the molecule is O=C(O)CCn1[nH]c(=O)c2c1C1CCN2CC1. The van der Waals surface area contributed by atoms with Crippen LogP contribution in [0.25, 0.3) is 0 Å². The molecular formula is C11H15N3O3. The summed E-state index contributed by atoms with van der Waals surface area (Å²) in [6.07, 6.45) is 2.18. The van der Waals surface area contributed by atoms with Crippen LogP contribution in [-0.2, 0) is 11.3 Å². The summed E-state index contributed by atoms with van der Waals surface area (Å²) in [7, 11) is 0. The van der Waals surface area contributed by atoms with Gasteiger partial charge in [0.2, 0.25) is 0 Å². The number of carboxylic acid groups (broad SMARTS) is 1. The van der Waals surface area contributed by atoms with Crippen LogP contribution in [0.2, 0.25) is 0 Å². The van der Waals surface area contributed by atoms with Gasteiger partial charge in [0.25, 0.3) is 5.56 Å². The zero-order valence-corrected chi connectivity index (χ0v) is 9.48. The lowest BCUT2D eigenvalue weighted by molar-refractivity contribution is -0.137. The number of aliphatic carboxylic acids is 1. The topological polar surface area (TPSA) is 78.3 Å². The molecule has 0 spiro atoms. The number of hydrogen-bond donors (Lipinski definition) is 2. The molecule has 2 N–H and O–H groups in total. The van der Waals surface area contributed by atoms with Gasteiger partial charge in [0.15, 0.2) is 0 Å². The van der Waals surface area contributed by atoms with E-state index < -0.39 is 5.97 Å². The van der Waals surface area contributed by atoms with E-state index in [1.807, 2.05) is 0 Å². The maximum Gasteiger partial charge on any atom is 0.305 e. The standard InChI is InChI=1S/C11H15N3O3/c15-8(16)3-6-14-9-7-1-4-13(5-2-7)10(9)11(17)12-14/h7H,1-6H2,(H,12,17)(H,15,16). The van der Waals surface area contributed by atoms with Gasteiger partial charge in [0.1, 0.15) is 5.69 Å². The Morgan fingerprint density at radius 3 is 2.76 bits per heavy atom. The summed E-state index contributed by atoms with van der Waals surface area (Å²) < 4.78 is 1.74. The van der Waals surface area contributed by atoms with Gasteiger partial charge in [0.05, 0.1) is 12.1 Å². The fourth-order valence-electron chi connectivity index (χ4n) is 2.96. The molecule has 0 saturated carbocycles. The number of carboxylic acids is 1. The zero-order valence-electron chi connectivity index (χ0n) is 9.48. The number of rotatable bonds is 3. The number of carbonyl (C=O) groups is 1. The van der Waals surface area contributed by atoms with E-state index >= 15 is 0 Å². The minimum Gasteiger partial charge on any atom is -0.481 e. The minimum atomic E-state index is -0.838. The quantitative estimate of drug-likeness (QED) is 0.795. The van der Waals surface area contributed by atoms with E-state index in [4.69, 9.17) is 5.11 Å². The summed E-state index contributed by atoms with van der Waals surface area (Å²) in [5.74, 6) is -0.419. The lowest BCUT2D eigenvalue weighted by Gasteiger charge is -2.39. The Morgan fingerprint density at radius 1 is 1.41 bits per heavy atom. The summed E-state index contributed by atoms with van der Waals surface area (Å²) in [6, 6.07) is 0. The first kappa shape index (κ1) is 10.4. The molecular weight excluding hydrogens is 222 g/mol. The first-order valence-electron chi connectivity index (χ1n) is 5.96. The zero-order chi connectivity index (χ0) is 12.0. The Kier molecular flexibility index (Phi) is 2.24. The molecule has 0 aliphatic carbocycles. The number of aromatic amines is 1. The van der Waals surface area contributed by atoms with Crippen LogP contribution in [0.4, 0.5) is 5.69 Å². The van der Waals surface area contributed by atoms with Gasteiger partial charge in [-0.05, 0) is 12.8 Å². The fourth-order valence-corrected chi connectivity index (χ4v) is 2.96. The maximum atomic E-state index is 11.9. The Hall–Kier alpha value is -1.72. The second kappa shape index (κ2) is 3.65. The van der Waals surface area contributed by atoms with Crippen molar-refractivity contribution in [3.63, 3.8) is 0 Å². The molecule has 0 aromatic carbocycles. The van der Waals surface area contributed by atoms with Gasteiger partial charge in [-0.25, -0.2) is 0 Å². The van der Waals surface area contributed by atoms with E-state index in [1.165, 1.54) is 0 Å². The summed E-state index contributed by atoms with van der Waals surface area (Å²) >= 11 is 0. The summed E-state index contributed by atoms with van der Waals surface area (Å²) in [5.41, 5.74) is 1.72. The van der Waals surface area contributed by atoms with Crippen LogP contribution in [0, 0.1) is 0 Å². The molecule has 1 aromatic heterocycles. The van der Waals surface area contributed by atoms with Gasteiger partial charge >= 0.3 is 5.97 Å². The second-order valence-electron chi connectivity index (χ2n) is 4.73. The number of aromatic nitrogens is 2. The van der Waals surface area contributed by atoms with Crippen LogP contribution >= 0.6 is 0 Å². The van der Waals surface area contributed by atoms with Crippen molar-refractivity contribution >= 4 is 11.7 Å². The number of piperidine rings is 1. The van der Waals surface area contributed by atoms with Gasteiger partial charge in [-0.2, -0.15) is 0 Å². The minimum absolute atomic E-state index is 0.0454. The molecule has 1 saturated heterocycles. The number of fused-ring (bicyclic) bond motifs is 2. The van der Waals surface area contributed by atoms with E-state index in [-0.39, 0.29) is 12.0 Å². The third kappa shape index (κ3) is 1.55.